The molecule has 2 N–H and O–H groups in total. The maximum Gasteiger partial charge on any atom is 0.136 e. The highest BCUT2D eigenvalue weighted by Gasteiger charge is 2.11. The van der Waals surface area contributed by atoms with E-state index in [1.54, 1.807) is 25.6 Å². The Bertz CT molecular complexity index is 790. The van der Waals surface area contributed by atoms with Gasteiger partial charge in [-0.25, -0.2) is 0 Å². The highest BCUT2D eigenvalue weighted by Crippen LogP contribution is 2.35. The van der Waals surface area contributed by atoms with Gasteiger partial charge in [-0.05, 0) is 12.1 Å². The van der Waals surface area contributed by atoms with Crippen LogP contribution in [0, 0.1) is 0 Å². The monoisotopic (exact) mass is 286 g/mol. The lowest BCUT2D eigenvalue weighted by molar-refractivity contribution is 0.420. The van der Waals surface area contributed by atoms with Crippen molar-refractivity contribution in [1.29, 1.82) is 0 Å². The first-order valence-electron chi connectivity index (χ1n) is 6.10. The van der Waals surface area contributed by atoms with Crippen molar-refractivity contribution < 1.29 is 9.47 Å². The largest absolute Gasteiger partial charge is 0.495 e. The van der Waals surface area contributed by atoms with Gasteiger partial charge in [-0.2, -0.15) is 5.10 Å². The first-order chi connectivity index (χ1) is 9.80. The molecule has 0 aliphatic rings. The minimum atomic E-state index is 0.756. The zero-order valence-corrected chi connectivity index (χ0v) is 12.0. The Morgan fingerprint density at radius 2 is 1.40 bits per heavy atom. The number of nitrogens with two attached hydrogens (primary N) is 1. The van der Waals surface area contributed by atoms with Crippen molar-refractivity contribution in [3.63, 3.8) is 0 Å². The smallest absolute Gasteiger partial charge is 0.136 e. The number of fused-ring (bicyclic) bond motifs is 2. The molecule has 0 saturated heterocycles. The van der Waals surface area contributed by atoms with E-state index < -0.39 is 0 Å². The van der Waals surface area contributed by atoms with E-state index in [1.807, 2.05) is 36.4 Å². The standard InChI is InChI=1S/C15H14N2O2S/c1-18-11-7-3-5-9-13(17-16)10-6-4-8-12(19-2)15(10)20-14(9)11/h3-8H,16H2,1-2H3. The number of hydrogen-bond donors (Lipinski definition) is 1. The summed E-state index contributed by atoms with van der Waals surface area (Å²) < 4.78 is 12.9. The SMILES string of the molecule is COc1cccc2c(=NN)c3cccc(OC)c3sc12. The summed E-state index contributed by atoms with van der Waals surface area (Å²) >= 11 is 1.62. The summed E-state index contributed by atoms with van der Waals surface area (Å²) in [7, 11) is 3.32. The average Bonchev–Trinajstić information content (AvgIpc) is 2.51. The van der Waals surface area contributed by atoms with Crippen LogP contribution in [0.1, 0.15) is 0 Å². The van der Waals surface area contributed by atoms with Gasteiger partial charge in [0.15, 0.2) is 0 Å². The predicted octanol–water partition coefficient (Wildman–Crippen LogP) is 2.85. The molecule has 0 unspecified atom stereocenters. The lowest BCUT2D eigenvalue weighted by Crippen LogP contribution is -2.08. The molecule has 0 radical (unpaired) electrons. The number of nitrogens with zero attached hydrogens (tertiary/aromatic N) is 1. The first-order valence-corrected chi connectivity index (χ1v) is 6.92. The number of rotatable bonds is 2. The van der Waals surface area contributed by atoms with Crippen molar-refractivity contribution in [1.82, 2.24) is 0 Å². The molecule has 3 rings (SSSR count). The van der Waals surface area contributed by atoms with E-state index in [2.05, 4.69) is 5.10 Å². The fraction of sp³-hybridized carbons (Fsp3) is 0.133. The van der Waals surface area contributed by atoms with Crippen molar-refractivity contribution >= 4 is 31.5 Å². The van der Waals surface area contributed by atoms with E-state index >= 15 is 0 Å². The third-order valence-corrected chi connectivity index (χ3v) is 4.49. The molecule has 0 fully saturated rings. The first kappa shape index (κ1) is 12.7. The molecule has 0 aliphatic heterocycles. The Labute approximate surface area is 120 Å². The molecule has 0 saturated carbocycles. The van der Waals surface area contributed by atoms with Crippen LogP contribution < -0.4 is 20.7 Å². The molecule has 102 valence electrons. The summed E-state index contributed by atoms with van der Waals surface area (Å²) in [6.45, 7) is 0. The van der Waals surface area contributed by atoms with E-state index in [1.165, 1.54) is 0 Å². The number of ether oxygens (including phenoxy) is 2. The maximum atomic E-state index is 5.61. The maximum absolute atomic E-state index is 5.61. The molecule has 5 heteroatoms. The third kappa shape index (κ3) is 1.78. The minimum Gasteiger partial charge on any atom is -0.495 e. The molecular formula is C15H14N2O2S. The Balaban J connectivity index is 2.61. The minimum absolute atomic E-state index is 0.756. The van der Waals surface area contributed by atoms with Crippen LogP contribution in [-0.4, -0.2) is 14.2 Å². The Hall–Kier alpha value is -2.27. The molecule has 4 nitrogen and oxygen atoms in total. The normalized spacial score (nSPS) is 10.7. The summed E-state index contributed by atoms with van der Waals surface area (Å²) in [5.41, 5.74) is 0. The summed E-state index contributed by atoms with van der Waals surface area (Å²) in [6.07, 6.45) is 0. The van der Waals surface area contributed by atoms with E-state index in [0.717, 1.165) is 37.0 Å². The van der Waals surface area contributed by atoms with Crippen molar-refractivity contribution in [2.24, 2.45) is 10.9 Å². The molecule has 2 aromatic carbocycles. The van der Waals surface area contributed by atoms with Gasteiger partial charge in [0.05, 0.1) is 23.6 Å². The number of benzene rings is 2. The summed E-state index contributed by atoms with van der Waals surface area (Å²) in [4.78, 5) is 0. The van der Waals surface area contributed by atoms with Gasteiger partial charge in [0.2, 0.25) is 0 Å². The van der Waals surface area contributed by atoms with Crippen LogP contribution >= 0.6 is 11.3 Å². The molecular weight excluding hydrogens is 272 g/mol. The molecule has 1 aromatic heterocycles. The molecule has 20 heavy (non-hydrogen) atoms. The second kappa shape index (κ2) is 5.02. The molecule has 3 aromatic rings. The Morgan fingerprint density at radius 1 is 0.900 bits per heavy atom. The molecule has 0 amide bonds. The summed E-state index contributed by atoms with van der Waals surface area (Å²) in [5, 5.41) is 6.70. The zero-order valence-electron chi connectivity index (χ0n) is 11.2. The topological polar surface area (TPSA) is 56.8 Å². The van der Waals surface area contributed by atoms with Crippen LogP contribution in [0.5, 0.6) is 11.5 Å². The van der Waals surface area contributed by atoms with Crippen LogP contribution in [0.3, 0.4) is 0 Å². The van der Waals surface area contributed by atoms with Gasteiger partial charge in [0, 0.05) is 10.8 Å². The molecule has 0 atom stereocenters. The van der Waals surface area contributed by atoms with Crippen LogP contribution in [-0.2, 0) is 0 Å². The van der Waals surface area contributed by atoms with Gasteiger partial charge in [-0.15, -0.1) is 11.3 Å². The molecule has 0 spiro atoms. The van der Waals surface area contributed by atoms with E-state index in [4.69, 9.17) is 15.3 Å². The van der Waals surface area contributed by atoms with Crippen molar-refractivity contribution in [3.8, 4) is 11.5 Å². The third-order valence-electron chi connectivity index (χ3n) is 3.24. The van der Waals surface area contributed by atoms with Crippen LogP contribution in [0.2, 0.25) is 0 Å². The van der Waals surface area contributed by atoms with Crippen molar-refractivity contribution in [2.75, 3.05) is 14.2 Å². The van der Waals surface area contributed by atoms with E-state index in [-0.39, 0.29) is 0 Å². The van der Waals surface area contributed by atoms with Crippen LogP contribution in [0.4, 0.5) is 0 Å². The summed E-state index contributed by atoms with van der Waals surface area (Å²) in [5.74, 6) is 7.23. The molecule has 1 heterocycles. The Morgan fingerprint density at radius 3 is 1.80 bits per heavy atom. The lowest BCUT2D eigenvalue weighted by atomic mass is 10.1. The lowest BCUT2D eigenvalue weighted by Gasteiger charge is -2.09. The number of methoxy groups -OCH3 is 2. The average molecular weight is 286 g/mol. The zero-order chi connectivity index (χ0) is 14.1. The van der Waals surface area contributed by atoms with Gasteiger partial charge >= 0.3 is 0 Å². The highest BCUT2D eigenvalue weighted by atomic mass is 32.1. The van der Waals surface area contributed by atoms with Crippen LogP contribution in [0.15, 0.2) is 41.5 Å². The Kier molecular flexibility index (Phi) is 3.20. The van der Waals surface area contributed by atoms with E-state index in [0.29, 0.717) is 0 Å². The van der Waals surface area contributed by atoms with Gasteiger partial charge in [-0.3, -0.25) is 0 Å². The van der Waals surface area contributed by atoms with Gasteiger partial charge in [0.25, 0.3) is 0 Å². The van der Waals surface area contributed by atoms with Gasteiger partial charge in [0.1, 0.15) is 16.9 Å². The fourth-order valence-corrected chi connectivity index (χ4v) is 3.58. The quantitative estimate of drug-likeness (QED) is 0.448. The molecule has 0 bridgehead atoms. The van der Waals surface area contributed by atoms with Gasteiger partial charge in [-0.1, -0.05) is 24.3 Å². The second-order valence-electron chi connectivity index (χ2n) is 4.25. The summed E-state index contributed by atoms with van der Waals surface area (Å²) in [6, 6.07) is 11.7. The van der Waals surface area contributed by atoms with Crippen LogP contribution in [0.25, 0.3) is 20.2 Å². The van der Waals surface area contributed by atoms with E-state index in [9.17, 15) is 0 Å². The van der Waals surface area contributed by atoms with Crippen molar-refractivity contribution in [2.45, 2.75) is 0 Å². The molecule has 0 aliphatic carbocycles. The van der Waals surface area contributed by atoms with Gasteiger partial charge < -0.3 is 15.3 Å². The second-order valence-corrected chi connectivity index (χ2v) is 5.27. The fourth-order valence-electron chi connectivity index (χ4n) is 2.32. The predicted molar refractivity (Wildman–Crippen MR) is 82.2 cm³/mol. The highest BCUT2D eigenvalue weighted by molar-refractivity contribution is 7.25. The van der Waals surface area contributed by atoms with Crippen molar-refractivity contribution in [3.05, 3.63) is 41.8 Å². The number of hydrogen-bond acceptors (Lipinski definition) is 5.